The molecule has 4 rings (SSSR count). The Labute approximate surface area is 162 Å². The summed E-state index contributed by atoms with van der Waals surface area (Å²) in [5.74, 6) is -0.706. The van der Waals surface area contributed by atoms with Gasteiger partial charge in [-0.3, -0.25) is 4.79 Å². The molecule has 2 aromatic carbocycles. The van der Waals surface area contributed by atoms with Crippen LogP contribution in [-0.4, -0.2) is 33.0 Å². The fraction of sp³-hybridized carbons (Fsp3) is 0.300. The number of nitrogens with zero attached hydrogens (tertiary/aromatic N) is 1. The number of rotatable bonds is 5. The molecular weight excluding hydrogens is 382 g/mol. The quantitative estimate of drug-likeness (QED) is 0.712. The normalized spacial score (nSPS) is 25.0. The second kappa shape index (κ2) is 6.53. The number of nitriles is 1. The molecule has 1 aliphatic carbocycles. The lowest BCUT2D eigenvalue weighted by molar-refractivity contribution is -0.147. The first-order valence-electron chi connectivity index (χ1n) is 8.73. The summed E-state index contributed by atoms with van der Waals surface area (Å²) in [4.78, 5) is 12.8. The van der Waals surface area contributed by atoms with Crippen molar-refractivity contribution >= 4 is 15.8 Å². The zero-order valence-electron chi connectivity index (χ0n) is 15.0. The average molecular weight is 399 g/mol. The van der Waals surface area contributed by atoms with Gasteiger partial charge in [-0.1, -0.05) is 24.3 Å². The van der Waals surface area contributed by atoms with Gasteiger partial charge in [0.05, 0.1) is 17.6 Å². The van der Waals surface area contributed by atoms with Crippen molar-refractivity contribution in [3.8, 4) is 17.6 Å². The van der Waals surface area contributed by atoms with Crippen LogP contribution >= 0.6 is 0 Å². The highest BCUT2D eigenvalue weighted by Crippen LogP contribution is 2.65. The van der Waals surface area contributed by atoms with Gasteiger partial charge in [0.2, 0.25) is 6.79 Å². The maximum Gasteiger partial charge on any atom is 0.328 e. The molecule has 0 radical (unpaired) electrons. The van der Waals surface area contributed by atoms with Crippen LogP contribution in [0.15, 0.2) is 53.4 Å². The molecule has 0 N–H and O–H groups in total. The third-order valence-corrected chi connectivity index (χ3v) is 7.33. The first-order chi connectivity index (χ1) is 13.5. The lowest BCUT2D eigenvalue weighted by atomic mass is 10.0. The Balaban J connectivity index is 1.83. The molecule has 8 heteroatoms. The highest BCUT2D eigenvalue weighted by molar-refractivity contribution is 7.92. The smallest absolute Gasteiger partial charge is 0.328 e. The van der Waals surface area contributed by atoms with E-state index in [9.17, 15) is 18.5 Å². The van der Waals surface area contributed by atoms with Crippen molar-refractivity contribution in [3.63, 3.8) is 0 Å². The number of ether oxygens (including phenoxy) is 3. The number of benzene rings is 2. The van der Waals surface area contributed by atoms with Gasteiger partial charge in [-0.15, -0.1) is 0 Å². The van der Waals surface area contributed by atoms with Crippen LogP contribution in [0.25, 0.3) is 0 Å². The van der Waals surface area contributed by atoms with Gasteiger partial charge in [-0.05, 0) is 36.8 Å². The second-order valence-electron chi connectivity index (χ2n) is 6.57. The molecule has 28 heavy (non-hydrogen) atoms. The van der Waals surface area contributed by atoms with Gasteiger partial charge in [-0.2, -0.15) is 5.26 Å². The Hall–Kier alpha value is -3.05. The number of carbonyl (C=O) groups excluding carboxylic acids is 1. The number of carbonyl (C=O) groups is 1. The third kappa shape index (κ3) is 2.54. The third-order valence-electron chi connectivity index (χ3n) is 5.09. The molecule has 1 heterocycles. The molecular formula is C20H17NO6S. The fourth-order valence-corrected chi connectivity index (χ4v) is 6.02. The lowest BCUT2D eigenvalue weighted by Crippen LogP contribution is -2.25. The average Bonchev–Trinajstić information content (AvgIpc) is 3.21. The number of hydrogen-bond donors (Lipinski definition) is 0. The minimum atomic E-state index is -3.96. The summed E-state index contributed by atoms with van der Waals surface area (Å²) in [5.41, 5.74) is -1.29. The monoisotopic (exact) mass is 399 g/mol. The van der Waals surface area contributed by atoms with Crippen molar-refractivity contribution < 1.29 is 27.4 Å². The molecule has 1 fully saturated rings. The van der Waals surface area contributed by atoms with E-state index in [1.165, 1.54) is 12.1 Å². The van der Waals surface area contributed by atoms with Gasteiger partial charge >= 0.3 is 5.97 Å². The predicted molar refractivity (Wildman–Crippen MR) is 97.4 cm³/mol. The number of sulfone groups is 1. The van der Waals surface area contributed by atoms with Crippen LogP contribution in [0.1, 0.15) is 18.4 Å². The van der Waals surface area contributed by atoms with Crippen LogP contribution in [0.3, 0.4) is 0 Å². The van der Waals surface area contributed by atoms with Crippen LogP contribution in [0, 0.1) is 16.7 Å². The van der Waals surface area contributed by atoms with E-state index in [4.69, 9.17) is 14.2 Å². The molecule has 0 saturated heterocycles. The van der Waals surface area contributed by atoms with Crippen LogP contribution in [0.4, 0.5) is 0 Å². The summed E-state index contributed by atoms with van der Waals surface area (Å²) in [6, 6.07) is 14.7. The first-order valence-corrected chi connectivity index (χ1v) is 10.3. The Bertz CT molecular complexity index is 1080. The maximum atomic E-state index is 13.3. The highest BCUT2D eigenvalue weighted by Gasteiger charge is 2.77. The molecule has 0 spiro atoms. The lowest BCUT2D eigenvalue weighted by Gasteiger charge is -2.09. The van der Waals surface area contributed by atoms with Crippen molar-refractivity contribution in [1.82, 2.24) is 0 Å². The van der Waals surface area contributed by atoms with Crippen LogP contribution in [0.5, 0.6) is 11.5 Å². The number of fused-ring (bicyclic) bond motifs is 1. The molecule has 2 aromatic rings. The van der Waals surface area contributed by atoms with Gasteiger partial charge in [0, 0.05) is 5.92 Å². The molecule has 0 bridgehead atoms. The summed E-state index contributed by atoms with van der Waals surface area (Å²) in [6.07, 6.45) is 0. The van der Waals surface area contributed by atoms with E-state index >= 15 is 0 Å². The summed E-state index contributed by atoms with van der Waals surface area (Å²) in [7, 11) is -3.96. The Morgan fingerprint density at radius 2 is 1.93 bits per heavy atom. The van der Waals surface area contributed by atoms with Crippen molar-refractivity contribution in [2.24, 2.45) is 5.41 Å². The molecule has 144 valence electrons. The van der Waals surface area contributed by atoms with Gasteiger partial charge < -0.3 is 14.2 Å². The topological polar surface area (TPSA) is 103 Å². The summed E-state index contributed by atoms with van der Waals surface area (Å²) < 4.78 is 42.3. The van der Waals surface area contributed by atoms with Gasteiger partial charge in [0.25, 0.3) is 0 Å². The Morgan fingerprint density at radius 3 is 2.61 bits per heavy atom. The van der Waals surface area contributed by atoms with E-state index in [2.05, 4.69) is 0 Å². The first kappa shape index (κ1) is 18.3. The molecule has 1 saturated carbocycles. The second-order valence-corrected chi connectivity index (χ2v) is 8.64. The zero-order chi connectivity index (χ0) is 19.9. The Kier molecular flexibility index (Phi) is 4.27. The van der Waals surface area contributed by atoms with E-state index in [1.807, 2.05) is 6.07 Å². The van der Waals surface area contributed by atoms with Crippen molar-refractivity contribution in [1.29, 1.82) is 5.26 Å². The molecule has 0 amide bonds. The molecule has 3 atom stereocenters. The van der Waals surface area contributed by atoms with E-state index in [0.717, 1.165) is 0 Å². The largest absolute Gasteiger partial charge is 0.465 e. The van der Waals surface area contributed by atoms with Crippen molar-refractivity contribution in [2.45, 2.75) is 23.0 Å². The van der Waals surface area contributed by atoms with Gasteiger partial charge in [-0.25, -0.2) is 8.42 Å². The van der Waals surface area contributed by atoms with Crippen LogP contribution < -0.4 is 9.47 Å². The minimum absolute atomic E-state index is 0.0498. The minimum Gasteiger partial charge on any atom is -0.465 e. The predicted octanol–water partition coefficient (Wildman–Crippen LogP) is 2.43. The SMILES string of the molecule is CCOC(=O)[C@]1(C#N)[C@H](c2ccc3c(c2)OCO3)[C@H]1S(=O)(=O)c1ccccc1. The van der Waals surface area contributed by atoms with Gasteiger partial charge in [0.1, 0.15) is 5.25 Å². The standard InChI is InChI=1S/C20H17NO6S/c1-2-25-19(22)20(11-21)17(13-8-9-15-16(10-13)27-12-26-15)18(20)28(23,24)14-6-4-3-5-7-14/h3-10,17-18H,2,12H2,1H3/t17-,18-,20-/m1/s1. The number of hydrogen-bond acceptors (Lipinski definition) is 7. The molecule has 1 aliphatic heterocycles. The molecule has 0 aromatic heterocycles. The van der Waals surface area contributed by atoms with E-state index in [1.54, 1.807) is 43.3 Å². The Morgan fingerprint density at radius 1 is 1.21 bits per heavy atom. The van der Waals surface area contributed by atoms with E-state index in [0.29, 0.717) is 17.1 Å². The highest BCUT2D eigenvalue weighted by atomic mass is 32.2. The van der Waals surface area contributed by atoms with Crippen LogP contribution in [0.2, 0.25) is 0 Å². The van der Waals surface area contributed by atoms with Crippen molar-refractivity contribution in [3.05, 3.63) is 54.1 Å². The molecule has 2 aliphatic rings. The summed E-state index contributed by atoms with van der Waals surface area (Å²) in [6.45, 7) is 1.73. The van der Waals surface area contributed by atoms with Crippen LogP contribution in [-0.2, 0) is 19.4 Å². The van der Waals surface area contributed by atoms with E-state index in [-0.39, 0.29) is 18.3 Å². The number of esters is 1. The van der Waals surface area contributed by atoms with E-state index < -0.39 is 32.4 Å². The summed E-state index contributed by atoms with van der Waals surface area (Å²) >= 11 is 0. The molecule has 7 nitrogen and oxygen atoms in total. The fourth-order valence-electron chi connectivity index (χ4n) is 3.75. The zero-order valence-corrected chi connectivity index (χ0v) is 15.8. The van der Waals surface area contributed by atoms with Gasteiger partial charge in [0.15, 0.2) is 26.8 Å². The molecule has 0 unspecified atom stereocenters. The maximum absolute atomic E-state index is 13.3. The van der Waals surface area contributed by atoms with Crippen molar-refractivity contribution in [2.75, 3.05) is 13.4 Å². The summed E-state index contributed by atoms with van der Waals surface area (Å²) in [5, 5.41) is 8.64.